The van der Waals surface area contributed by atoms with Gasteiger partial charge in [-0.2, -0.15) is 0 Å². The summed E-state index contributed by atoms with van der Waals surface area (Å²) in [5, 5.41) is 4.69. The highest BCUT2D eigenvalue weighted by molar-refractivity contribution is 7.11. The Morgan fingerprint density at radius 3 is 2.61 bits per heavy atom. The minimum Gasteiger partial charge on any atom is -0.381 e. The van der Waals surface area contributed by atoms with E-state index in [4.69, 9.17) is 4.74 Å². The largest absolute Gasteiger partial charge is 0.381 e. The van der Waals surface area contributed by atoms with Crippen LogP contribution >= 0.6 is 11.3 Å². The molecule has 0 aliphatic heterocycles. The molecule has 0 amide bonds. The van der Waals surface area contributed by atoms with Crippen molar-refractivity contribution in [2.45, 2.75) is 53.0 Å². The quantitative estimate of drug-likeness (QED) is 0.696. The van der Waals surface area contributed by atoms with Crippen LogP contribution in [0.2, 0.25) is 0 Å². The maximum Gasteiger partial charge on any atom is 0.0900 e. The van der Waals surface area contributed by atoms with Gasteiger partial charge in [-0.3, -0.25) is 0 Å². The van der Waals surface area contributed by atoms with Crippen molar-refractivity contribution in [1.29, 1.82) is 0 Å². The van der Waals surface area contributed by atoms with Crippen molar-refractivity contribution in [3.8, 4) is 0 Å². The Hall–Kier alpha value is -0.450. The van der Waals surface area contributed by atoms with Gasteiger partial charge in [-0.1, -0.05) is 13.3 Å². The zero-order chi connectivity index (χ0) is 13.4. The highest BCUT2D eigenvalue weighted by Crippen LogP contribution is 2.24. The fourth-order valence-electron chi connectivity index (χ4n) is 1.88. The highest BCUT2D eigenvalue weighted by atomic mass is 32.1. The number of thiazole rings is 1. The lowest BCUT2D eigenvalue weighted by molar-refractivity contribution is 0.128. The summed E-state index contributed by atoms with van der Waals surface area (Å²) in [6, 6.07) is 0.395. The second-order valence-corrected chi connectivity index (χ2v) is 5.91. The van der Waals surface area contributed by atoms with E-state index in [1.54, 1.807) is 11.3 Å². The van der Waals surface area contributed by atoms with Crippen molar-refractivity contribution in [3.63, 3.8) is 0 Å². The summed E-state index contributed by atoms with van der Waals surface area (Å²) in [5.74, 6) is 0. The molecule has 1 rings (SSSR count). The van der Waals surface area contributed by atoms with Gasteiger partial charge in [0.1, 0.15) is 0 Å². The Morgan fingerprint density at radius 1 is 1.28 bits per heavy atom. The van der Waals surface area contributed by atoms with Crippen LogP contribution < -0.4 is 5.32 Å². The van der Waals surface area contributed by atoms with Crippen LogP contribution in [0.5, 0.6) is 0 Å². The zero-order valence-electron chi connectivity index (χ0n) is 12.1. The number of unbranched alkanes of at least 4 members (excludes halogenated alkanes) is 1. The minimum absolute atomic E-state index is 0.395. The molecule has 104 valence electrons. The first-order valence-corrected chi connectivity index (χ1v) is 7.71. The highest BCUT2D eigenvalue weighted by Gasteiger charge is 2.11. The molecule has 0 aliphatic rings. The molecule has 1 atom stereocenters. The van der Waals surface area contributed by atoms with Gasteiger partial charge in [0.2, 0.25) is 0 Å². The summed E-state index contributed by atoms with van der Waals surface area (Å²) in [6.45, 7) is 11.3. The Kier molecular flexibility index (Phi) is 7.47. The SMILES string of the molecule is CCCCOCCCNC(C)c1sc(C)nc1C. The summed E-state index contributed by atoms with van der Waals surface area (Å²) in [6.07, 6.45) is 3.45. The molecule has 18 heavy (non-hydrogen) atoms. The fourth-order valence-corrected chi connectivity index (χ4v) is 2.84. The van der Waals surface area contributed by atoms with Crippen molar-refractivity contribution in [2.75, 3.05) is 19.8 Å². The molecule has 1 N–H and O–H groups in total. The molecule has 0 fully saturated rings. The lowest BCUT2D eigenvalue weighted by Gasteiger charge is -2.12. The molecule has 3 nitrogen and oxygen atoms in total. The lowest BCUT2D eigenvalue weighted by Crippen LogP contribution is -2.20. The molecule has 0 bridgehead atoms. The molecule has 0 aromatic carbocycles. The van der Waals surface area contributed by atoms with Crippen LogP contribution in [0.25, 0.3) is 0 Å². The van der Waals surface area contributed by atoms with Gasteiger partial charge in [0, 0.05) is 24.1 Å². The number of hydrogen-bond donors (Lipinski definition) is 1. The van der Waals surface area contributed by atoms with Gasteiger partial charge in [-0.05, 0) is 40.2 Å². The summed E-state index contributed by atoms with van der Waals surface area (Å²) >= 11 is 1.79. The lowest BCUT2D eigenvalue weighted by atomic mass is 10.2. The Morgan fingerprint density at radius 2 is 2.00 bits per heavy atom. The van der Waals surface area contributed by atoms with Crippen molar-refractivity contribution in [3.05, 3.63) is 15.6 Å². The van der Waals surface area contributed by atoms with Crippen molar-refractivity contribution in [1.82, 2.24) is 10.3 Å². The molecule has 0 spiro atoms. The molecule has 1 heterocycles. The number of aromatic nitrogens is 1. The van der Waals surface area contributed by atoms with Gasteiger partial charge >= 0.3 is 0 Å². The maximum atomic E-state index is 5.54. The summed E-state index contributed by atoms with van der Waals surface area (Å²) in [4.78, 5) is 5.82. The first-order valence-electron chi connectivity index (χ1n) is 6.90. The van der Waals surface area contributed by atoms with E-state index < -0.39 is 0 Å². The third-order valence-electron chi connectivity index (χ3n) is 2.89. The second kappa shape index (κ2) is 8.62. The normalized spacial score (nSPS) is 12.9. The van der Waals surface area contributed by atoms with Crippen LogP contribution in [-0.2, 0) is 4.74 Å². The van der Waals surface area contributed by atoms with Crippen LogP contribution in [0.3, 0.4) is 0 Å². The summed E-state index contributed by atoms with van der Waals surface area (Å²) in [5.41, 5.74) is 1.16. The van der Waals surface area contributed by atoms with E-state index in [1.165, 1.54) is 17.7 Å². The van der Waals surface area contributed by atoms with Gasteiger partial charge in [-0.25, -0.2) is 4.98 Å². The molecular formula is C14H26N2OS. The Labute approximate surface area is 115 Å². The molecule has 0 radical (unpaired) electrons. The van der Waals surface area contributed by atoms with E-state index in [2.05, 4.69) is 38.0 Å². The van der Waals surface area contributed by atoms with E-state index in [-0.39, 0.29) is 0 Å². The average molecular weight is 270 g/mol. The van der Waals surface area contributed by atoms with Crippen molar-refractivity contribution in [2.24, 2.45) is 0 Å². The minimum atomic E-state index is 0.395. The zero-order valence-corrected chi connectivity index (χ0v) is 12.9. The third kappa shape index (κ3) is 5.46. The van der Waals surface area contributed by atoms with Crippen LogP contribution in [0.1, 0.15) is 54.7 Å². The van der Waals surface area contributed by atoms with E-state index in [1.807, 2.05) is 0 Å². The third-order valence-corrected chi connectivity index (χ3v) is 4.15. The van der Waals surface area contributed by atoms with Gasteiger partial charge in [0.05, 0.1) is 10.7 Å². The first kappa shape index (κ1) is 15.6. The topological polar surface area (TPSA) is 34.1 Å². The number of nitrogens with one attached hydrogen (secondary N) is 1. The first-order chi connectivity index (χ1) is 8.65. The predicted octanol–water partition coefficient (Wildman–Crippen LogP) is 3.62. The van der Waals surface area contributed by atoms with Crippen LogP contribution in [0.4, 0.5) is 0 Å². The standard InChI is InChI=1S/C14H26N2OS/c1-5-6-9-17-10-7-8-15-11(2)14-12(3)16-13(4)18-14/h11,15H,5-10H2,1-4H3. The van der Waals surface area contributed by atoms with Crippen molar-refractivity contribution < 1.29 is 4.74 Å². The van der Waals surface area contributed by atoms with Gasteiger partial charge in [0.15, 0.2) is 0 Å². The molecule has 4 heteroatoms. The molecule has 0 saturated carbocycles. The van der Waals surface area contributed by atoms with Gasteiger partial charge < -0.3 is 10.1 Å². The van der Waals surface area contributed by atoms with E-state index in [0.717, 1.165) is 36.9 Å². The van der Waals surface area contributed by atoms with E-state index >= 15 is 0 Å². The summed E-state index contributed by atoms with van der Waals surface area (Å²) < 4.78 is 5.54. The van der Waals surface area contributed by atoms with Crippen molar-refractivity contribution >= 4 is 11.3 Å². The van der Waals surface area contributed by atoms with Crippen LogP contribution in [0.15, 0.2) is 0 Å². The number of aryl methyl sites for hydroxylation is 2. The molecule has 1 aromatic heterocycles. The average Bonchev–Trinajstić information content (AvgIpc) is 2.67. The molecule has 0 saturated heterocycles. The van der Waals surface area contributed by atoms with E-state index in [0.29, 0.717) is 6.04 Å². The number of rotatable bonds is 9. The fraction of sp³-hybridized carbons (Fsp3) is 0.786. The van der Waals surface area contributed by atoms with Gasteiger partial charge in [-0.15, -0.1) is 11.3 Å². The molecule has 0 aliphatic carbocycles. The van der Waals surface area contributed by atoms with Crippen LogP contribution in [-0.4, -0.2) is 24.7 Å². The van der Waals surface area contributed by atoms with Gasteiger partial charge in [0.25, 0.3) is 0 Å². The molecule has 1 unspecified atom stereocenters. The predicted molar refractivity (Wildman–Crippen MR) is 78.3 cm³/mol. The smallest absolute Gasteiger partial charge is 0.0900 e. The maximum absolute atomic E-state index is 5.54. The van der Waals surface area contributed by atoms with E-state index in [9.17, 15) is 0 Å². The molecule has 1 aromatic rings. The number of hydrogen-bond acceptors (Lipinski definition) is 4. The Balaban J connectivity index is 2.14. The number of ether oxygens (including phenoxy) is 1. The monoisotopic (exact) mass is 270 g/mol. The molecular weight excluding hydrogens is 244 g/mol. The Bertz CT molecular complexity index is 339. The van der Waals surface area contributed by atoms with Crippen LogP contribution in [0, 0.1) is 13.8 Å². The number of nitrogens with zero attached hydrogens (tertiary/aromatic N) is 1. The second-order valence-electron chi connectivity index (χ2n) is 4.68. The summed E-state index contributed by atoms with van der Waals surface area (Å²) in [7, 11) is 0.